The van der Waals surface area contributed by atoms with Crippen LogP contribution in [0.2, 0.25) is 5.15 Å². The van der Waals surface area contributed by atoms with E-state index in [1.54, 1.807) is 0 Å². The second-order valence-corrected chi connectivity index (χ2v) is 7.38. The summed E-state index contributed by atoms with van der Waals surface area (Å²) in [6.07, 6.45) is -0.276. The van der Waals surface area contributed by atoms with Crippen LogP contribution in [0, 0.1) is 0 Å². The summed E-state index contributed by atoms with van der Waals surface area (Å²) in [7, 11) is 0. The number of aromatic amines is 1. The van der Waals surface area contributed by atoms with Crippen LogP contribution in [-0.4, -0.2) is 27.4 Å². The van der Waals surface area contributed by atoms with Crippen molar-refractivity contribution >= 4 is 41.2 Å². The predicted molar refractivity (Wildman–Crippen MR) is 102 cm³/mol. The molecule has 0 saturated carbocycles. The van der Waals surface area contributed by atoms with Crippen LogP contribution in [0.15, 0.2) is 42.2 Å². The molecule has 4 aromatic rings. The van der Waals surface area contributed by atoms with E-state index in [0.717, 1.165) is 17.9 Å². The minimum absolute atomic E-state index is 0.0203. The van der Waals surface area contributed by atoms with E-state index in [9.17, 15) is 18.0 Å². The first kappa shape index (κ1) is 18.8. The van der Waals surface area contributed by atoms with E-state index < -0.39 is 17.6 Å². The summed E-state index contributed by atoms with van der Waals surface area (Å²) >= 11 is 7.75. The molecular formula is C17H11BClF3N4OS. The molecule has 0 bridgehead atoms. The molecule has 0 fully saturated rings. The van der Waals surface area contributed by atoms with Crippen LogP contribution in [0.25, 0.3) is 16.5 Å². The summed E-state index contributed by atoms with van der Waals surface area (Å²) in [5.74, 6) is -0.542. The van der Waals surface area contributed by atoms with E-state index in [0.29, 0.717) is 5.56 Å². The fourth-order valence-electron chi connectivity index (χ4n) is 2.87. The number of aromatic nitrogens is 3. The first-order chi connectivity index (χ1) is 13.3. The number of H-pyrrole nitrogens is 1. The number of alkyl halides is 3. The molecule has 0 spiro atoms. The number of hydrogen-bond acceptors (Lipinski definition) is 3. The topological polar surface area (TPSA) is 62.2 Å². The van der Waals surface area contributed by atoms with Crippen LogP contribution >= 0.6 is 22.9 Å². The van der Waals surface area contributed by atoms with E-state index in [1.165, 1.54) is 34.3 Å². The van der Waals surface area contributed by atoms with Gasteiger partial charge in [0.05, 0.1) is 0 Å². The molecule has 28 heavy (non-hydrogen) atoms. The molecule has 4 aromatic heterocycles. The van der Waals surface area contributed by atoms with E-state index in [4.69, 9.17) is 11.6 Å². The molecule has 11 heteroatoms. The zero-order chi connectivity index (χ0) is 19.9. The van der Waals surface area contributed by atoms with Crippen molar-refractivity contribution in [1.29, 1.82) is 0 Å². The van der Waals surface area contributed by atoms with Crippen LogP contribution in [0.1, 0.15) is 20.7 Å². The third kappa shape index (κ3) is 3.45. The Hall–Kier alpha value is -2.59. The van der Waals surface area contributed by atoms with Gasteiger partial charge in [0.25, 0.3) is 0 Å². The van der Waals surface area contributed by atoms with Gasteiger partial charge in [-0.1, -0.05) is 0 Å². The first-order valence-corrected chi connectivity index (χ1v) is 9.32. The van der Waals surface area contributed by atoms with Gasteiger partial charge in [0.15, 0.2) is 0 Å². The zero-order valence-electron chi connectivity index (χ0n) is 14.0. The van der Waals surface area contributed by atoms with Crippen LogP contribution in [-0.2, 0) is 12.7 Å². The van der Waals surface area contributed by atoms with Gasteiger partial charge in [-0.05, 0) is 0 Å². The van der Waals surface area contributed by atoms with Gasteiger partial charge in [-0.3, -0.25) is 0 Å². The Morgan fingerprint density at radius 2 is 2.21 bits per heavy atom. The van der Waals surface area contributed by atoms with Crippen molar-refractivity contribution in [2.45, 2.75) is 12.7 Å². The number of amides is 1. The predicted octanol–water partition coefficient (Wildman–Crippen LogP) is 4.33. The Labute approximate surface area is 166 Å². The second kappa shape index (κ2) is 7.10. The van der Waals surface area contributed by atoms with Crippen molar-refractivity contribution < 1.29 is 18.0 Å². The Balaban J connectivity index is 1.79. The third-order valence-corrected chi connectivity index (χ3v) is 5.47. The average molecular weight is 423 g/mol. The molecule has 4 rings (SSSR count). The maximum atomic E-state index is 13.6. The molecule has 0 aliphatic rings. The van der Waals surface area contributed by atoms with Crippen molar-refractivity contribution in [3.05, 3.63) is 63.2 Å². The molecule has 0 unspecified atom stereocenters. The van der Waals surface area contributed by atoms with Crippen LogP contribution in [0.3, 0.4) is 0 Å². The van der Waals surface area contributed by atoms with E-state index in [2.05, 4.69) is 15.5 Å². The monoisotopic (exact) mass is 422 g/mol. The van der Waals surface area contributed by atoms with Crippen molar-refractivity contribution in [2.24, 2.45) is 0 Å². The van der Waals surface area contributed by atoms with Gasteiger partial charge >= 0.3 is 166 Å². The van der Waals surface area contributed by atoms with Crippen LogP contribution in [0.5, 0.6) is 0 Å². The minimum atomic E-state index is -4.62. The zero-order valence-corrected chi connectivity index (χ0v) is 15.6. The van der Waals surface area contributed by atoms with Crippen LogP contribution < -0.4 is 5.32 Å². The Morgan fingerprint density at radius 3 is 2.86 bits per heavy atom. The summed E-state index contributed by atoms with van der Waals surface area (Å²) in [5.41, 5.74) is -0.345. The number of thiophene rings is 1. The fraction of sp³-hybridized carbons (Fsp3) is 0.118. The third-order valence-electron chi connectivity index (χ3n) is 4.20. The van der Waals surface area contributed by atoms with Crippen molar-refractivity contribution in [1.82, 2.24) is 19.9 Å². The van der Waals surface area contributed by atoms with E-state index in [-0.39, 0.29) is 28.1 Å². The fourth-order valence-corrected chi connectivity index (χ4v) is 3.79. The normalized spacial score (nSPS) is 11.7. The molecule has 0 aliphatic heterocycles. The number of nitrogens with zero attached hydrogens (tertiary/aromatic N) is 2. The molecule has 5 nitrogen and oxygen atoms in total. The second-order valence-electron chi connectivity index (χ2n) is 5.99. The van der Waals surface area contributed by atoms with Crippen molar-refractivity contribution in [2.75, 3.05) is 0 Å². The number of nitrogens with one attached hydrogen (secondary N) is 2. The SMILES string of the molecule is O=C(NCc1cccs1)c1bc2c(C(F)(F)F)cc(-c3cn[nH]c3)cn2c1Cl. The Morgan fingerprint density at radius 1 is 1.39 bits per heavy atom. The maximum absolute atomic E-state index is 13.6. The van der Waals surface area contributed by atoms with Gasteiger partial charge < -0.3 is 0 Å². The van der Waals surface area contributed by atoms with Gasteiger partial charge in [0.2, 0.25) is 0 Å². The molecule has 142 valence electrons. The molecule has 0 atom stereocenters. The number of pyridine rings is 1. The van der Waals surface area contributed by atoms with Crippen molar-refractivity contribution in [3.63, 3.8) is 0 Å². The Kier molecular flexibility index (Phi) is 4.76. The van der Waals surface area contributed by atoms with Gasteiger partial charge in [-0.25, -0.2) is 0 Å². The molecule has 1 amide bonds. The summed E-state index contributed by atoms with van der Waals surface area (Å²) in [6.45, 7) is 1.43. The van der Waals surface area contributed by atoms with Gasteiger partial charge in [0.1, 0.15) is 0 Å². The number of carbonyl (C=O) groups excluding carboxylic acids is 1. The summed E-state index contributed by atoms with van der Waals surface area (Å²) in [4.78, 5) is 13.4. The van der Waals surface area contributed by atoms with Crippen LogP contribution in [0.4, 0.5) is 13.2 Å². The van der Waals surface area contributed by atoms with Gasteiger partial charge in [-0.15, -0.1) is 0 Å². The standard InChI is InChI=1S/C17H11BClF3N4OS/c19-15-13(16(27)23-7-11-2-1-3-28-11)18-14-12(17(20,21)22)4-9(8-26(14)15)10-5-24-25-6-10/h1-6,8H,7H2,(H,23,27)(H,24,25). The summed E-state index contributed by atoms with van der Waals surface area (Å²) in [5, 5.41) is 10.8. The number of fused-ring (bicyclic) bond motifs is 1. The molecule has 0 radical (unpaired) electrons. The number of halogens is 4. The number of carbonyl (C=O) groups is 1. The summed E-state index contributed by atoms with van der Waals surface area (Å²) < 4.78 is 42.1. The van der Waals surface area contributed by atoms with Crippen molar-refractivity contribution in [3.8, 4) is 11.1 Å². The molecule has 0 aliphatic carbocycles. The average Bonchev–Trinajstić information content (AvgIpc) is 3.40. The van der Waals surface area contributed by atoms with E-state index >= 15 is 0 Å². The van der Waals surface area contributed by atoms with Gasteiger partial charge in [0, 0.05) is 0 Å². The van der Waals surface area contributed by atoms with Gasteiger partial charge in [-0.2, -0.15) is 0 Å². The number of rotatable bonds is 4. The first-order valence-electron chi connectivity index (χ1n) is 8.06. The van der Waals surface area contributed by atoms with E-state index in [1.807, 2.05) is 17.5 Å². The molecule has 4 heterocycles. The quantitative estimate of drug-likeness (QED) is 0.514. The molecular weight excluding hydrogens is 412 g/mol. The molecule has 0 aromatic carbocycles. The molecule has 2 N–H and O–H groups in total. The molecule has 0 saturated heterocycles. The summed E-state index contributed by atoms with van der Waals surface area (Å²) in [6, 6.07) is 4.71. The Bertz CT molecular complexity index is 1140. The number of hydrogen-bond donors (Lipinski definition) is 2.